The van der Waals surface area contributed by atoms with Gasteiger partial charge in [0.2, 0.25) is 0 Å². The minimum absolute atomic E-state index is 0.0734. The van der Waals surface area contributed by atoms with Crippen LogP contribution in [0.15, 0.2) is 90.2 Å². The van der Waals surface area contributed by atoms with Gasteiger partial charge < -0.3 is 20.7 Å². The van der Waals surface area contributed by atoms with Gasteiger partial charge in [-0.1, -0.05) is 54.6 Å². The van der Waals surface area contributed by atoms with E-state index in [9.17, 15) is 9.59 Å². The third-order valence-electron chi connectivity index (χ3n) is 5.91. The zero-order valence-electron chi connectivity index (χ0n) is 19.0. The Labute approximate surface area is 198 Å². The number of benzene rings is 3. The second kappa shape index (κ2) is 10.2. The summed E-state index contributed by atoms with van der Waals surface area (Å²) < 4.78 is 0. The first-order chi connectivity index (χ1) is 16.4. The van der Waals surface area contributed by atoms with Gasteiger partial charge >= 0.3 is 5.97 Å². The Morgan fingerprint density at radius 2 is 1.68 bits per heavy atom. The van der Waals surface area contributed by atoms with Gasteiger partial charge in [0.15, 0.2) is 0 Å². The largest absolute Gasteiger partial charge is 0.481 e. The fourth-order valence-electron chi connectivity index (χ4n) is 4.04. The molecule has 3 N–H and O–H groups in total. The topological polar surface area (TPSA) is 93.5 Å². The minimum Gasteiger partial charge on any atom is -0.481 e. The molecule has 34 heavy (non-hydrogen) atoms. The van der Waals surface area contributed by atoms with E-state index in [0.717, 1.165) is 40.6 Å². The molecule has 6 nitrogen and oxygen atoms in total. The second-order valence-corrected chi connectivity index (χ2v) is 8.31. The predicted molar refractivity (Wildman–Crippen MR) is 135 cm³/mol. The SMILES string of the molecule is CN(C(=O)c1ccc2ccccc2c1)c1ccc(CNC2=CCCC=C2C(=N)CC(=O)O)cc1. The Balaban J connectivity index is 1.40. The van der Waals surface area contributed by atoms with Crippen LogP contribution in [0.1, 0.15) is 35.2 Å². The van der Waals surface area contributed by atoms with Crippen LogP contribution >= 0.6 is 0 Å². The van der Waals surface area contributed by atoms with Crippen molar-refractivity contribution in [3.63, 3.8) is 0 Å². The summed E-state index contributed by atoms with van der Waals surface area (Å²) in [5, 5.41) is 22.6. The summed E-state index contributed by atoms with van der Waals surface area (Å²) in [6.07, 6.45) is 5.29. The Hall–Kier alpha value is -4.19. The number of amides is 1. The Bertz CT molecular complexity index is 1310. The zero-order valence-corrected chi connectivity index (χ0v) is 19.0. The van der Waals surface area contributed by atoms with Crippen LogP contribution < -0.4 is 10.2 Å². The maximum atomic E-state index is 13.0. The smallest absolute Gasteiger partial charge is 0.309 e. The summed E-state index contributed by atoms with van der Waals surface area (Å²) >= 11 is 0. The number of carbonyl (C=O) groups excluding carboxylic acids is 1. The molecule has 6 heteroatoms. The van der Waals surface area contributed by atoms with E-state index in [1.165, 1.54) is 0 Å². The maximum absolute atomic E-state index is 13.0. The minimum atomic E-state index is -1.01. The van der Waals surface area contributed by atoms with Crippen molar-refractivity contribution >= 4 is 34.0 Å². The fourth-order valence-corrected chi connectivity index (χ4v) is 4.04. The first kappa shape index (κ1) is 23.0. The molecule has 0 bridgehead atoms. The number of nitrogens with one attached hydrogen (secondary N) is 2. The van der Waals surface area contributed by atoms with E-state index in [1.54, 1.807) is 11.9 Å². The van der Waals surface area contributed by atoms with Crippen LogP contribution in [0.2, 0.25) is 0 Å². The molecule has 1 aliphatic rings. The van der Waals surface area contributed by atoms with Crippen molar-refractivity contribution in [2.45, 2.75) is 25.8 Å². The molecule has 1 aliphatic carbocycles. The highest BCUT2D eigenvalue weighted by Gasteiger charge is 2.17. The number of allylic oxidation sites excluding steroid dienone is 3. The molecular formula is C28H27N3O3. The average Bonchev–Trinajstić information content (AvgIpc) is 2.86. The van der Waals surface area contributed by atoms with E-state index in [2.05, 4.69) is 5.32 Å². The van der Waals surface area contributed by atoms with Crippen molar-refractivity contribution in [2.24, 2.45) is 0 Å². The Morgan fingerprint density at radius 3 is 2.41 bits per heavy atom. The number of rotatable bonds is 8. The lowest BCUT2D eigenvalue weighted by Crippen LogP contribution is -2.26. The number of carboxylic acid groups (broad SMARTS) is 1. The molecule has 0 aliphatic heterocycles. The molecule has 0 fully saturated rings. The van der Waals surface area contributed by atoms with Crippen molar-refractivity contribution in [1.29, 1.82) is 5.41 Å². The zero-order chi connectivity index (χ0) is 24.1. The summed E-state index contributed by atoms with van der Waals surface area (Å²) in [5.41, 5.74) is 4.01. The van der Waals surface area contributed by atoms with Gasteiger partial charge in [0.1, 0.15) is 0 Å². The lowest BCUT2D eigenvalue weighted by molar-refractivity contribution is -0.135. The number of hydrogen-bond donors (Lipinski definition) is 3. The lowest BCUT2D eigenvalue weighted by Gasteiger charge is -2.20. The van der Waals surface area contributed by atoms with Gasteiger partial charge in [-0.25, -0.2) is 0 Å². The van der Waals surface area contributed by atoms with Crippen molar-refractivity contribution in [3.8, 4) is 0 Å². The second-order valence-electron chi connectivity index (χ2n) is 8.31. The maximum Gasteiger partial charge on any atom is 0.309 e. The van der Waals surface area contributed by atoms with E-state index in [0.29, 0.717) is 17.7 Å². The highest BCUT2D eigenvalue weighted by atomic mass is 16.4. The van der Waals surface area contributed by atoms with Gasteiger partial charge in [0, 0.05) is 36.1 Å². The molecule has 0 saturated carbocycles. The van der Waals surface area contributed by atoms with Gasteiger partial charge in [0.05, 0.1) is 12.1 Å². The third-order valence-corrected chi connectivity index (χ3v) is 5.91. The normalized spacial score (nSPS) is 13.1. The lowest BCUT2D eigenvalue weighted by atomic mass is 9.97. The molecule has 3 aromatic rings. The quantitative estimate of drug-likeness (QED) is 0.403. The number of nitrogens with zero attached hydrogens (tertiary/aromatic N) is 1. The molecule has 0 aromatic heterocycles. The van der Waals surface area contributed by atoms with Crippen LogP contribution in [0.25, 0.3) is 10.8 Å². The van der Waals surface area contributed by atoms with E-state index in [4.69, 9.17) is 10.5 Å². The first-order valence-corrected chi connectivity index (χ1v) is 11.2. The van der Waals surface area contributed by atoms with Crippen LogP contribution in [0.5, 0.6) is 0 Å². The molecule has 0 spiro atoms. The molecule has 1 amide bonds. The van der Waals surface area contributed by atoms with Crippen molar-refractivity contribution in [1.82, 2.24) is 5.32 Å². The third kappa shape index (κ3) is 5.23. The van der Waals surface area contributed by atoms with E-state index in [1.807, 2.05) is 78.9 Å². The molecule has 0 unspecified atom stereocenters. The summed E-state index contributed by atoms with van der Waals surface area (Å²) in [4.78, 5) is 25.6. The van der Waals surface area contributed by atoms with Crippen LogP contribution in [-0.4, -0.2) is 29.7 Å². The number of fused-ring (bicyclic) bond motifs is 1. The van der Waals surface area contributed by atoms with Gasteiger partial charge in [-0.15, -0.1) is 0 Å². The van der Waals surface area contributed by atoms with Gasteiger partial charge in [0.25, 0.3) is 5.91 Å². The number of aliphatic carboxylic acids is 1. The Morgan fingerprint density at radius 1 is 0.971 bits per heavy atom. The number of carbonyl (C=O) groups is 2. The summed E-state index contributed by atoms with van der Waals surface area (Å²) in [7, 11) is 1.77. The highest BCUT2D eigenvalue weighted by molar-refractivity contribution is 6.09. The standard InChI is InChI=1S/C28H27N3O3/c1-31(28(34)22-13-12-20-6-2-3-7-21(20)16-22)23-14-10-19(11-15-23)18-30-26-9-5-4-8-24(26)25(29)17-27(32)33/h2-3,6-16,29-30H,4-5,17-18H2,1H3,(H,32,33). The van der Waals surface area contributed by atoms with E-state index in [-0.39, 0.29) is 18.0 Å². The van der Waals surface area contributed by atoms with Crippen LogP contribution in [-0.2, 0) is 11.3 Å². The fraction of sp³-hybridized carbons (Fsp3) is 0.179. The van der Waals surface area contributed by atoms with Crippen LogP contribution in [0.4, 0.5) is 5.69 Å². The number of anilines is 1. The van der Waals surface area contributed by atoms with Crippen LogP contribution in [0.3, 0.4) is 0 Å². The Kier molecular flexibility index (Phi) is 6.87. The van der Waals surface area contributed by atoms with Gasteiger partial charge in [-0.3, -0.25) is 9.59 Å². The van der Waals surface area contributed by atoms with Crippen molar-refractivity contribution in [2.75, 3.05) is 11.9 Å². The predicted octanol–water partition coefficient (Wildman–Crippen LogP) is 5.30. The molecule has 0 atom stereocenters. The molecule has 0 radical (unpaired) electrons. The average molecular weight is 454 g/mol. The molecule has 0 saturated heterocycles. The van der Waals surface area contributed by atoms with Crippen molar-refractivity contribution in [3.05, 3.63) is 101 Å². The van der Waals surface area contributed by atoms with Gasteiger partial charge in [-0.2, -0.15) is 0 Å². The first-order valence-electron chi connectivity index (χ1n) is 11.2. The van der Waals surface area contributed by atoms with E-state index >= 15 is 0 Å². The summed E-state index contributed by atoms with van der Waals surface area (Å²) in [5.74, 6) is -1.08. The number of carboxylic acids is 1. The van der Waals surface area contributed by atoms with E-state index < -0.39 is 5.97 Å². The monoisotopic (exact) mass is 453 g/mol. The molecular weight excluding hydrogens is 426 g/mol. The summed E-state index contributed by atoms with van der Waals surface area (Å²) in [6.45, 7) is 0.534. The molecule has 0 heterocycles. The van der Waals surface area contributed by atoms with Crippen LogP contribution in [0, 0.1) is 5.41 Å². The molecule has 4 rings (SSSR count). The highest BCUT2D eigenvalue weighted by Crippen LogP contribution is 2.22. The van der Waals surface area contributed by atoms with Crippen molar-refractivity contribution < 1.29 is 14.7 Å². The van der Waals surface area contributed by atoms with Gasteiger partial charge in [-0.05, 0) is 53.4 Å². The summed E-state index contributed by atoms with van der Waals surface area (Å²) in [6, 6.07) is 21.4. The molecule has 3 aromatic carbocycles. The molecule has 172 valence electrons. The number of hydrogen-bond acceptors (Lipinski definition) is 4.